The number of hydrogen-bond donors (Lipinski definition) is 1. The van der Waals surface area contributed by atoms with Gasteiger partial charge < -0.3 is 9.84 Å². The Bertz CT molecular complexity index is 299. The van der Waals surface area contributed by atoms with Crippen LogP contribution in [0.1, 0.15) is 18.1 Å². The summed E-state index contributed by atoms with van der Waals surface area (Å²) in [5.41, 5.74) is 0. The number of likely N-dealkylation sites (tertiary alicyclic amines) is 1. The molecule has 0 radical (unpaired) electrons. The summed E-state index contributed by atoms with van der Waals surface area (Å²) >= 11 is 0. The summed E-state index contributed by atoms with van der Waals surface area (Å²) in [7, 11) is 2.00. The quantitative estimate of drug-likeness (QED) is 0.747. The first-order chi connectivity index (χ1) is 6.78. The van der Waals surface area contributed by atoms with E-state index < -0.39 is 0 Å². The summed E-state index contributed by atoms with van der Waals surface area (Å²) in [5, 5.41) is 7.05. The second kappa shape index (κ2) is 4.06. The lowest BCUT2D eigenvalue weighted by molar-refractivity contribution is 0.263. The number of likely N-dealkylation sites (N-methyl/N-ethyl adjacent to an activating group) is 1. The van der Waals surface area contributed by atoms with Crippen molar-refractivity contribution in [2.24, 2.45) is 0 Å². The van der Waals surface area contributed by atoms with Gasteiger partial charge in [0.25, 0.3) is 0 Å². The van der Waals surface area contributed by atoms with Gasteiger partial charge in [-0.2, -0.15) is 4.98 Å². The molecule has 1 saturated heterocycles. The minimum Gasteiger partial charge on any atom is -0.338 e. The molecular formula is C9H16N4O. The fraction of sp³-hybridized carbons (Fsp3) is 0.778. The Labute approximate surface area is 83.5 Å². The fourth-order valence-corrected chi connectivity index (χ4v) is 1.81. The Kier molecular flexibility index (Phi) is 2.79. The van der Waals surface area contributed by atoms with E-state index in [-0.39, 0.29) is 0 Å². The molecule has 0 aliphatic carbocycles. The van der Waals surface area contributed by atoms with Gasteiger partial charge >= 0.3 is 0 Å². The Morgan fingerprint density at radius 2 is 2.50 bits per heavy atom. The topological polar surface area (TPSA) is 54.2 Å². The van der Waals surface area contributed by atoms with Gasteiger partial charge in [0.05, 0.1) is 6.54 Å². The molecule has 1 aliphatic rings. The molecule has 1 atom stereocenters. The summed E-state index contributed by atoms with van der Waals surface area (Å²) in [6.07, 6.45) is 1.20. The second-order valence-electron chi connectivity index (χ2n) is 3.74. The summed E-state index contributed by atoms with van der Waals surface area (Å²) in [6, 6.07) is 0.610. The molecule has 78 valence electrons. The maximum atomic E-state index is 5.07. The average molecular weight is 196 g/mol. The Balaban J connectivity index is 1.87. The normalized spacial score (nSPS) is 23.1. The lowest BCUT2D eigenvalue weighted by Gasteiger charge is -2.12. The molecule has 2 heterocycles. The van der Waals surface area contributed by atoms with E-state index >= 15 is 0 Å². The van der Waals surface area contributed by atoms with Gasteiger partial charge in [0, 0.05) is 19.1 Å². The van der Waals surface area contributed by atoms with Crippen molar-refractivity contribution in [3.05, 3.63) is 11.7 Å². The van der Waals surface area contributed by atoms with Crippen LogP contribution in [0.2, 0.25) is 0 Å². The molecule has 14 heavy (non-hydrogen) atoms. The van der Waals surface area contributed by atoms with Crippen LogP contribution in [0.25, 0.3) is 0 Å². The van der Waals surface area contributed by atoms with Crippen molar-refractivity contribution in [1.29, 1.82) is 0 Å². The fourth-order valence-electron chi connectivity index (χ4n) is 1.81. The van der Waals surface area contributed by atoms with Gasteiger partial charge in [-0.15, -0.1) is 0 Å². The number of rotatable bonds is 3. The van der Waals surface area contributed by atoms with Gasteiger partial charge in [-0.25, -0.2) is 0 Å². The van der Waals surface area contributed by atoms with Crippen molar-refractivity contribution in [3.8, 4) is 0 Å². The van der Waals surface area contributed by atoms with Crippen LogP contribution in [0.3, 0.4) is 0 Å². The monoisotopic (exact) mass is 196 g/mol. The number of aryl methyl sites for hydroxylation is 1. The summed E-state index contributed by atoms with van der Waals surface area (Å²) in [4.78, 5) is 6.51. The number of aromatic nitrogens is 2. The predicted octanol–water partition coefficient (Wildman–Crippen LogP) is 0.172. The van der Waals surface area contributed by atoms with Gasteiger partial charge in [0.2, 0.25) is 5.89 Å². The van der Waals surface area contributed by atoms with Crippen molar-refractivity contribution in [3.63, 3.8) is 0 Å². The lowest BCUT2D eigenvalue weighted by Crippen LogP contribution is -2.29. The third kappa shape index (κ3) is 2.10. The smallest absolute Gasteiger partial charge is 0.240 e. The van der Waals surface area contributed by atoms with E-state index in [1.807, 2.05) is 14.0 Å². The second-order valence-corrected chi connectivity index (χ2v) is 3.74. The third-order valence-corrected chi connectivity index (χ3v) is 2.61. The van der Waals surface area contributed by atoms with Crippen LogP contribution in [0.15, 0.2) is 4.52 Å². The van der Waals surface area contributed by atoms with Crippen molar-refractivity contribution >= 4 is 0 Å². The van der Waals surface area contributed by atoms with E-state index in [1.165, 1.54) is 6.42 Å². The van der Waals surface area contributed by atoms with Crippen molar-refractivity contribution in [1.82, 2.24) is 20.4 Å². The summed E-state index contributed by atoms with van der Waals surface area (Å²) in [6.45, 7) is 4.79. The van der Waals surface area contributed by atoms with Crippen LogP contribution in [-0.2, 0) is 6.54 Å². The molecule has 1 N–H and O–H groups in total. The Morgan fingerprint density at radius 1 is 1.64 bits per heavy atom. The third-order valence-electron chi connectivity index (χ3n) is 2.61. The lowest BCUT2D eigenvalue weighted by atomic mass is 10.3. The van der Waals surface area contributed by atoms with Gasteiger partial charge in [-0.1, -0.05) is 5.16 Å². The molecule has 1 fully saturated rings. The van der Waals surface area contributed by atoms with Gasteiger partial charge in [-0.3, -0.25) is 4.90 Å². The number of nitrogens with one attached hydrogen (secondary N) is 1. The maximum absolute atomic E-state index is 5.07. The Morgan fingerprint density at radius 3 is 3.07 bits per heavy atom. The minimum absolute atomic E-state index is 0.610. The van der Waals surface area contributed by atoms with Crippen LogP contribution in [0.4, 0.5) is 0 Å². The minimum atomic E-state index is 0.610. The predicted molar refractivity (Wildman–Crippen MR) is 51.8 cm³/mol. The molecule has 1 aromatic rings. The zero-order valence-corrected chi connectivity index (χ0v) is 8.66. The standard InChI is InChI=1S/C9H16N4O/c1-7-11-9(14-12-7)6-13-4-3-8(5-13)10-2/h8,10H,3-6H2,1-2H3. The first-order valence-corrected chi connectivity index (χ1v) is 4.96. The SMILES string of the molecule is CNC1CCN(Cc2nc(C)no2)C1. The highest BCUT2D eigenvalue weighted by Crippen LogP contribution is 2.11. The molecule has 0 amide bonds. The van der Waals surface area contributed by atoms with Gasteiger partial charge in [0.1, 0.15) is 0 Å². The van der Waals surface area contributed by atoms with Crippen molar-refractivity contribution < 1.29 is 4.52 Å². The average Bonchev–Trinajstić information content (AvgIpc) is 2.76. The molecule has 1 aliphatic heterocycles. The maximum Gasteiger partial charge on any atom is 0.240 e. The molecule has 2 rings (SSSR count). The van der Waals surface area contributed by atoms with E-state index in [0.29, 0.717) is 11.9 Å². The molecular weight excluding hydrogens is 180 g/mol. The highest BCUT2D eigenvalue weighted by Gasteiger charge is 2.22. The zero-order chi connectivity index (χ0) is 9.97. The van der Waals surface area contributed by atoms with E-state index in [9.17, 15) is 0 Å². The Hall–Kier alpha value is -0.940. The molecule has 1 aromatic heterocycles. The molecule has 0 spiro atoms. The number of hydrogen-bond acceptors (Lipinski definition) is 5. The molecule has 5 nitrogen and oxygen atoms in total. The van der Waals surface area contributed by atoms with E-state index in [4.69, 9.17) is 4.52 Å². The molecule has 0 saturated carbocycles. The number of nitrogens with zero attached hydrogens (tertiary/aromatic N) is 3. The van der Waals surface area contributed by atoms with Crippen LogP contribution < -0.4 is 5.32 Å². The van der Waals surface area contributed by atoms with Gasteiger partial charge in [-0.05, 0) is 20.4 Å². The first-order valence-electron chi connectivity index (χ1n) is 4.96. The van der Waals surface area contributed by atoms with Crippen LogP contribution in [0, 0.1) is 6.92 Å². The largest absolute Gasteiger partial charge is 0.338 e. The summed E-state index contributed by atoms with van der Waals surface area (Å²) in [5.74, 6) is 1.43. The summed E-state index contributed by atoms with van der Waals surface area (Å²) < 4.78 is 5.07. The van der Waals surface area contributed by atoms with Crippen LogP contribution in [0.5, 0.6) is 0 Å². The highest BCUT2D eigenvalue weighted by molar-refractivity contribution is 4.86. The molecule has 1 unspecified atom stereocenters. The first kappa shape index (κ1) is 9.61. The molecule has 5 heteroatoms. The van der Waals surface area contributed by atoms with E-state index in [1.54, 1.807) is 0 Å². The highest BCUT2D eigenvalue weighted by atomic mass is 16.5. The van der Waals surface area contributed by atoms with Crippen LogP contribution in [-0.4, -0.2) is 41.2 Å². The van der Waals surface area contributed by atoms with Crippen molar-refractivity contribution in [2.75, 3.05) is 20.1 Å². The molecule has 0 aromatic carbocycles. The molecule has 0 bridgehead atoms. The van der Waals surface area contributed by atoms with Crippen molar-refractivity contribution in [2.45, 2.75) is 25.9 Å². The van der Waals surface area contributed by atoms with E-state index in [0.717, 1.165) is 25.5 Å². The van der Waals surface area contributed by atoms with E-state index in [2.05, 4.69) is 20.4 Å². The zero-order valence-electron chi connectivity index (χ0n) is 8.66. The van der Waals surface area contributed by atoms with Gasteiger partial charge in [0.15, 0.2) is 5.82 Å². The van der Waals surface area contributed by atoms with Crippen LogP contribution >= 0.6 is 0 Å².